The minimum Gasteiger partial charge on any atom is -0.444 e. The number of aromatic nitrogens is 2. The maximum atomic E-state index is 13.4. The van der Waals surface area contributed by atoms with Gasteiger partial charge in [-0.25, -0.2) is 9.18 Å². The molecule has 6 nitrogen and oxygen atoms in total. The Balaban J connectivity index is 2.15. The lowest BCUT2D eigenvalue weighted by Crippen LogP contribution is -2.36. The maximum absolute atomic E-state index is 13.4. The third-order valence-electron chi connectivity index (χ3n) is 3.08. The Hall–Kier alpha value is -1.92. The fourth-order valence-electron chi connectivity index (χ4n) is 2.16. The number of likely N-dealkylation sites (tertiary alicyclic amines) is 1. The summed E-state index contributed by atoms with van der Waals surface area (Å²) in [6.07, 6.45) is 2.36. The van der Waals surface area contributed by atoms with Crippen molar-refractivity contribution in [1.29, 1.82) is 0 Å². The number of rotatable bonds is 2. The molecule has 1 aliphatic heterocycles. The molecule has 1 atom stereocenters. The first-order chi connectivity index (χ1) is 9.81. The van der Waals surface area contributed by atoms with Crippen molar-refractivity contribution in [3.05, 3.63) is 17.8 Å². The number of ether oxygens (including phenoxy) is 1. The van der Waals surface area contributed by atoms with Crippen LogP contribution >= 0.6 is 0 Å². The fourth-order valence-corrected chi connectivity index (χ4v) is 2.16. The summed E-state index contributed by atoms with van der Waals surface area (Å²) in [4.78, 5) is 17.8. The third kappa shape index (κ3) is 3.59. The second-order valence-corrected chi connectivity index (χ2v) is 5.93. The molecule has 0 aromatic carbocycles. The number of carbonyl (C=O) groups excluding carboxylic acids is 1. The second kappa shape index (κ2) is 5.83. The standard InChI is InChI=1S/C14H20FN3O3/c1-5-9(15)12-16-11(17-21-12)10-7-6-8-18(10)13(19)20-14(2,3)4/h5,10H,6-8H2,1-4H3. The quantitative estimate of drug-likeness (QED) is 0.836. The predicted octanol–water partition coefficient (Wildman–Crippen LogP) is 3.47. The molecule has 1 saturated heterocycles. The highest BCUT2D eigenvalue weighted by Gasteiger charge is 2.36. The lowest BCUT2D eigenvalue weighted by Gasteiger charge is -2.27. The number of nitrogens with zero attached hydrogens (tertiary/aromatic N) is 3. The molecular formula is C14H20FN3O3. The predicted molar refractivity (Wildman–Crippen MR) is 74.0 cm³/mol. The molecule has 2 heterocycles. The summed E-state index contributed by atoms with van der Waals surface area (Å²) in [6, 6.07) is -0.331. The summed E-state index contributed by atoms with van der Waals surface area (Å²) in [5, 5.41) is 3.78. The van der Waals surface area contributed by atoms with Gasteiger partial charge in [-0.1, -0.05) is 5.16 Å². The first-order valence-corrected chi connectivity index (χ1v) is 6.97. The van der Waals surface area contributed by atoms with Crippen LogP contribution < -0.4 is 0 Å². The van der Waals surface area contributed by atoms with Crippen LogP contribution in [0.15, 0.2) is 10.6 Å². The van der Waals surface area contributed by atoms with Crippen molar-refractivity contribution in [2.75, 3.05) is 6.54 Å². The molecule has 0 spiro atoms. The van der Waals surface area contributed by atoms with E-state index in [1.54, 1.807) is 11.8 Å². The Morgan fingerprint density at radius 1 is 1.52 bits per heavy atom. The molecule has 0 saturated carbocycles. The number of allylic oxidation sites excluding steroid dienone is 1. The molecule has 1 unspecified atom stereocenters. The first-order valence-electron chi connectivity index (χ1n) is 6.97. The average Bonchev–Trinajstić information content (AvgIpc) is 3.03. The van der Waals surface area contributed by atoms with E-state index in [2.05, 4.69) is 10.1 Å². The second-order valence-electron chi connectivity index (χ2n) is 5.93. The number of hydrogen-bond donors (Lipinski definition) is 0. The molecule has 116 valence electrons. The Bertz CT molecular complexity index is 548. The SMILES string of the molecule is CC=C(F)c1nc(C2CCCN2C(=O)OC(C)(C)C)no1. The van der Waals surface area contributed by atoms with E-state index in [9.17, 15) is 9.18 Å². The van der Waals surface area contributed by atoms with Crippen molar-refractivity contribution in [2.45, 2.75) is 52.2 Å². The van der Waals surface area contributed by atoms with Gasteiger partial charge in [0.1, 0.15) is 5.60 Å². The van der Waals surface area contributed by atoms with Crippen LogP contribution in [0.5, 0.6) is 0 Å². The van der Waals surface area contributed by atoms with Gasteiger partial charge >= 0.3 is 6.09 Å². The number of carbonyl (C=O) groups is 1. The van der Waals surface area contributed by atoms with Crippen LogP contribution in [0.3, 0.4) is 0 Å². The molecule has 0 bridgehead atoms. The lowest BCUT2D eigenvalue weighted by atomic mass is 10.2. The highest BCUT2D eigenvalue weighted by molar-refractivity contribution is 5.69. The summed E-state index contributed by atoms with van der Waals surface area (Å²) in [6.45, 7) is 7.54. The van der Waals surface area contributed by atoms with E-state index in [1.165, 1.54) is 6.08 Å². The van der Waals surface area contributed by atoms with Crippen molar-refractivity contribution in [3.8, 4) is 0 Å². The van der Waals surface area contributed by atoms with Crippen LogP contribution in [0.4, 0.5) is 9.18 Å². The van der Waals surface area contributed by atoms with Crippen molar-refractivity contribution in [2.24, 2.45) is 0 Å². The van der Waals surface area contributed by atoms with Gasteiger partial charge in [0.25, 0.3) is 5.89 Å². The largest absolute Gasteiger partial charge is 0.444 e. The monoisotopic (exact) mass is 297 g/mol. The van der Waals surface area contributed by atoms with Gasteiger partial charge in [0.15, 0.2) is 11.7 Å². The Morgan fingerprint density at radius 2 is 2.24 bits per heavy atom. The van der Waals surface area contributed by atoms with Gasteiger partial charge in [-0.2, -0.15) is 4.98 Å². The Morgan fingerprint density at radius 3 is 2.86 bits per heavy atom. The van der Waals surface area contributed by atoms with E-state index < -0.39 is 17.5 Å². The van der Waals surface area contributed by atoms with E-state index in [-0.39, 0.29) is 11.9 Å². The van der Waals surface area contributed by atoms with Gasteiger partial charge < -0.3 is 9.26 Å². The van der Waals surface area contributed by atoms with Gasteiger partial charge in [0, 0.05) is 6.54 Å². The van der Waals surface area contributed by atoms with E-state index in [1.807, 2.05) is 20.8 Å². The highest BCUT2D eigenvalue weighted by Crippen LogP contribution is 2.32. The Labute approximate surface area is 123 Å². The van der Waals surface area contributed by atoms with E-state index >= 15 is 0 Å². The molecule has 1 fully saturated rings. The van der Waals surface area contributed by atoms with Gasteiger partial charge in [-0.15, -0.1) is 0 Å². The van der Waals surface area contributed by atoms with Gasteiger partial charge in [0.05, 0.1) is 6.04 Å². The molecular weight excluding hydrogens is 277 g/mol. The first kappa shape index (κ1) is 15.5. The number of amides is 1. The zero-order valence-electron chi connectivity index (χ0n) is 12.7. The van der Waals surface area contributed by atoms with Crippen LogP contribution in [0.25, 0.3) is 5.83 Å². The minimum absolute atomic E-state index is 0.163. The third-order valence-corrected chi connectivity index (χ3v) is 3.08. The van der Waals surface area contributed by atoms with E-state index in [4.69, 9.17) is 9.26 Å². The number of halogens is 1. The molecule has 21 heavy (non-hydrogen) atoms. The van der Waals surface area contributed by atoms with Gasteiger partial charge in [-0.3, -0.25) is 4.90 Å². The van der Waals surface area contributed by atoms with Crippen LogP contribution in [0.1, 0.15) is 58.3 Å². The summed E-state index contributed by atoms with van der Waals surface area (Å²) in [7, 11) is 0. The Kier molecular flexibility index (Phi) is 4.29. The van der Waals surface area contributed by atoms with Crippen molar-refractivity contribution in [1.82, 2.24) is 15.0 Å². The summed E-state index contributed by atoms with van der Waals surface area (Å²) >= 11 is 0. The number of hydrogen-bond acceptors (Lipinski definition) is 5. The van der Waals surface area contributed by atoms with E-state index in [0.29, 0.717) is 18.8 Å². The molecule has 1 aromatic heterocycles. The highest BCUT2D eigenvalue weighted by atomic mass is 19.1. The van der Waals surface area contributed by atoms with Crippen molar-refractivity contribution < 1.29 is 18.4 Å². The van der Waals surface area contributed by atoms with Crippen LogP contribution in [-0.4, -0.2) is 33.3 Å². The smallest absolute Gasteiger partial charge is 0.410 e. The van der Waals surface area contributed by atoms with Crippen molar-refractivity contribution in [3.63, 3.8) is 0 Å². The molecule has 1 aromatic rings. The molecule has 2 rings (SSSR count). The van der Waals surface area contributed by atoms with Crippen molar-refractivity contribution >= 4 is 11.9 Å². The van der Waals surface area contributed by atoms with Crippen LogP contribution in [0, 0.1) is 0 Å². The van der Waals surface area contributed by atoms with Gasteiger partial charge in [0.2, 0.25) is 0 Å². The van der Waals surface area contributed by atoms with Crippen LogP contribution in [-0.2, 0) is 4.74 Å². The molecule has 1 aliphatic rings. The molecule has 0 aliphatic carbocycles. The zero-order chi connectivity index (χ0) is 15.6. The average molecular weight is 297 g/mol. The summed E-state index contributed by atoms with van der Waals surface area (Å²) < 4.78 is 23.6. The maximum Gasteiger partial charge on any atom is 0.410 e. The zero-order valence-corrected chi connectivity index (χ0v) is 12.7. The molecule has 7 heteroatoms. The topological polar surface area (TPSA) is 68.5 Å². The fraction of sp³-hybridized carbons (Fsp3) is 0.643. The minimum atomic E-state index is -0.574. The molecule has 0 radical (unpaired) electrons. The van der Waals surface area contributed by atoms with Gasteiger partial charge in [-0.05, 0) is 46.6 Å². The summed E-state index contributed by atoms with van der Waals surface area (Å²) in [5.74, 6) is -0.426. The molecule has 0 N–H and O–H groups in total. The molecule has 1 amide bonds. The normalized spacial score (nSPS) is 20.0. The van der Waals surface area contributed by atoms with E-state index in [0.717, 1.165) is 6.42 Å². The van der Waals surface area contributed by atoms with Crippen LogP contribution in [0.2, 0.25) is 0 Å². The lowest BCUT2D eigenvalue weighted by molar-refractivity contribution is 0.0217. The summed E-state index contributed by atoms with van der Waals surface area (Å²) in [5.41, 5.74) is -0.566.